The van der Waals surface area contributed by atoms with Gasteiger partial charge in [-0.2, -0.15) is 0 Å². The Morgan fingerprint density at radius 1 is 1.12 bits per heavy atom. The number of amides is 2. The summed E-state index contributed by atoms with van der Waals surface area (Å²) in [5.41, 5.74) is 1.61. The lowest BCUT2D eigenvalue weighted by atomic mass is 9.95. The van der Waals surface area contributed by atoms with Crippen molar-refractivity contribution >= 4 is 34.8 Å². The summed E-state index contributed by atoms with van der Waals surface area (Å²) in [4.78, 5) is 30.1. The maximum absolute atomic E-state index is 13.7. The van der Waals surface area contributed by atoms with Crippen LogP contribution in [0.2, 0.25) is 5.02 Å². The van der Waals surface area contributed by atoms with Gasteiger partial charge in [0.25, 0.3) is 0 Å². The molecular formula is C26H30ClN3O2S. The van der Waals surface area contributed by atoms with E-state index < -0.39 is 6.04 Å². The van der Waals surface area contributed by atoms with Gasteiger partial charge in [-0.15, -0.1) is 11.3 Å². The number of thiophene rings is 1. The molecule has 2 aromatic heterocycles. The molecule has 0 aliphatic heterocycles. The van der Waals surface area contributed by atoms with Crippen molar-refractivity contribution in [2.24, 2.45) is 7.05 Å². The maximum atomic E-state index is 13.7. The molecule has 0 saturated heterocycles. The molecule has 0 radical (unpaired) electrons. The molecule has 0 unspecified atom stereocenters. The summed E-state index contributed by atoms with van der Waals surface area (Å²) in [5, 5.41) is 5.80. The number of halogens is 1. The second-order valence-corrected chi connectivity index (χ2v) is 10.1. The molecule has 1 aliphatic carbocycles. The van der Waals surface area contributed by atoms with Crippen molar-refractivity contribution in [1.82, 2.24) is 14.8 Å². The van der Waals surface area contributed by atoms with Crippen molar-refractivity contribution in [2.75, 3.05) is 0 Å². The second-order valence-electron chi connectivity index (χ2n) is 8.66. The molecule has 3 aromatic rings. The van der Waals surface area contributed by atoms with Crippen molar-refractivity contribution in [3.8, 4) is 0 Å². The van der Waals surface area contributed by atoms with E-state index >= 15 is 0 Å². The summed E-state index contributed by atoms with van der Waals surface area (Å²) >= 11 is 8.02. The standard InChI is InChI=1S/C26H30ClN3O2S/c1-29-15-7-14-23(29)25(26(32)28-20-10-3-2-4-11-20)30(18-19-9-5-6-13-22(19)27)24(31)17-21-12-8-16-33-21/h5-9,12-16,20,25H,2-4,10-11,17-18H2,1H3,(H,28,32)/t25-/m1/s1. The zero-order valence-electron chi connectivity index (χ0n) is 18.9. The fourth-order valence-electron chi connectivity index (χ4n) is 4.52. The molecule has 1 aromatic carbocycles. The fourth-order valence-corrected chi connectivity index (χ4v) is 5.41. The van der Waals surface area contributed by atoms with Crippen LogP contribution in [0.1, 0.15) is 54.3 Å². The monoisotopic (exact) mass is 483 g/mol. The van der Waals surface area contributed by atoms with Gasteiger partial charge in [-0.3, -0.25) is 9.59 Å². The third-order valence-corrected chi connectivity index (χ3v) is 7.55. The molecule has 0 bridgehead atoms. The van der Waals surface area contributed by atoms with Gasteiger partial charge in [0.05, 0.1) is 6.42 Å². The third kappa shape index (κ3) is 5.87. The van der Waals surface area contributed by atoms with Crippen LogP contribution in [-0.4, -0.2) is 27.3 Å². The molecule has 1 saturated carbocycles. The van der Waals surface area contributed by atoms with Crippen LogP contribution in [0.15, 0.2) is 60.1 Å². The van der Waals surface area contributed by atoms with Crippen LogP contribution in [-0.2, 0) is 29.6 Å². The van der Waals surface area contributed by atoms with Gasteiger partial charge in [0.15, 0.2) is 6.04 Å². The zero-order chi connectivity index (χ0) is 23.2. The molecule has 0 spiro atoms. The number of benzene rings is 1. The molecule has 174 valence electrons. The van der Waals surface area contributed by atoms with E-state index in [1.807, 2.05) is 71.7 Å². The molecule has 1 aliphatic rings. The van der Waals surface area contributed by atoms with Crippen LogP contribution < -0.4 is 5.32 Å². The molecule has 2 amide bonds. The number of aryl methyl sites for hydroxylation is 1. The van der Waals surface area contributed by atoms with Gasteiger partial charge in [0.1, 0.15) is 0 Å². The summed E-state index contributed by atoms with van der Waals surface area (Å²) in [6.07, 6.45) is 7.60. The first-order chi connectivity index (χ1) is 16.0. The zero-order valence-corrected chi connectivity index (χ0v) is 20.4. The van der Waals surface area contributed by atoms with Gasteiger partial charge in [0, 0.05) is 41.4 Å². The Kier molecular flexibility index (Phi) is 7.89. The van der Waals surface area contributed by atoms with E-state index in [0.717, 1.165) is 41.8 Å². The van der Waals surface area contributed by atoms with Crippen LogP contribution in [0, 0.1) is 0 Å². The number of carbonyl (C=O) groups is 2. The highest BCUT2D eigenvalue weighted by Crippen LogP contribution is 2.28. The van der Waals surface area contributed by atoms with E-state index in [1.54, 1.807) is 16.2 Å². The average molecular weight is 484 g/mol. The second kappa shape index (κ2) is 11.0. The predicted octanol–water partition coefficient (Wildman–Crippen LogP) is 5.50. The van der Waals surface area contributed by atoms with Crippen molar-refractivity contribution in [3.05, 3.63) is 81.3 Å². The highest BCUT2D eigenvalue weighted by molar-refractivity contribution is 7.10. The number of hydrogen-bond donors (Lipinski definition) is 1. The number of nitrogens with one attached hydrogen (secondary N) is 1. The number of nitrogens with zero attached hydrogens (tertiary/aromatic N) is 2. The SMILES string of the molecule is Cn1cccc1[C@H](C(=O)NC1CCCCC1)N(Cc1ccccc1Cl)C(=O)Cc1cccs1. The van der Waals surface area contributed by atoms with Gasteiger partial charge in [-0.25, -0.2) is 0 Å². The summed E-state index contributed by atoms with van der Waals surface area (Å²) in [7, 11) is 1.91. The first kappa shape index (κ1) is 23.6. The van der Waals surface area contributed by atoms with Gasteiger partial charge in [-0.1, -0.05) is 55.1 Å². The van der Waals surface area contributed by atoms with Gasteiger partial charge in [-0.05, 0) is 48.1 Å². The quantitative estimate of drug-likeness (QED) is 0.459. The molecule has 1 fully saturated rings. The van der Waals surface area contributed by atoms with E-state index in [1.165, 1.54) is 6.42 Å². The van der Waals surface area contributed by atoms with Crippen LogP contribution in [0.25, 0.3) is 0 Å². The lowest BCUT2D eigenvalue weighted by molar-refractivity contribution is -0.141. The predicted molar refractivity (Wildman–Crippen MR) is 133 cm³/mol. The van der Waals surface area contributed by atoms with E-state index in [9.17, 15) is 9.59 Å². The minimum absolute atomic E-state index is 0.0950. The highest BCUT2D eigenvalue weighted by Gasteiger charge is 2.34. The Morgan fingerprint density at radius 2 is 1.91 bits per heavy atom. The topological polar surface area (TPSA) is 54.3 Å². The summed E-state index contributed by atoms with van der Waals surface area (Å²) in [5.74, 6) is -0.224. The number of carbonyl (C=O) groups excluding carboxylic acids is 2. The van der Waals surface area contributed by atoms with Gasteiger partial charge in [0.2, 0.25) is 11.8 Å². The van der Waals surface area contributed by atoms with E-state index in [-0.39, 0.29) is 30.8 Å². The molecule has 1 atom stereocenters. The Balaban J connectivity index is 1.69. The Bertz CT molecular complexity index is 1070. The minimum Gasteiger partial charge on any atom is -0.352 e. The van der Waals surface area contributed by atoms with Crippen LogP contribution in [0.5, 0.6) is 0 Å². The lowest BCUT2D eigenvalue weighted by Crippen LogP contribution is -2.47. The van der Waals surface area contributed by atoms with Crippen LogP contribution in [0.3, 0.4) is 0 Å². The Morgan fingerprint density at radius 3 is 2.58 bits per heavy atom. The minimum atomic E-state index is -0.740. The van der Waals surface area contributed by atoms with Gasteiger partial charge < -0.3 is 14.8 Å². The third-order valence-electron chi connectivity index (χ3n) is 6.30. The Hall–Kier alpha value is -2.57. The molecule has 4 rings (SSSR count). The van der Waals surface area contributed by atoms with Crippen molar-refractivity contribution in [1.29, 1.82) is 0 Å². The normalized spacial score (nSPS) is 15.2. The van der Waals surface area contributed by atoms with Crippen LogP contribution in [0.4, 0.5) is 0 Å². The Labute approximate surface area is 204 Å². The van der Waals surface area contributed by atoms with Gasteiger partial charge >= 0.3 is 0 Å². The average Bonchev–Trinajstić information content (AvgIpc) is 3.47. The fraction of sp³-hybridized carbons (Fsp3) is 0.385. The number of aromatic nitrogens is 1. The lowest BCUT2D eigenvalue weighted by Gasteiger charge is -2.33. The van der Waals surface area contributed by atoms with Crippen molar-refractivity contribution in [2.45, 2.75) is 57.2 Å². The summed E-state index contributed by atoms with van der Waals surface area (Å²) in [6.45, 7) is 0.262. The van der Waals surface area contributed by atoms with E-state index in [2.05, 4.69) is 5.32 Å². The molecule has 1 N–H and O–H groups in total. The van der Waals surface area contributed by atoms with E-state index in [0.29, 0.717) is 5.02 Å². The summed E-state index contributed by atoms with van der Waals surface area (Å²) < 4.78 is 1.92. The van der Waals surface area contributed by atoms with E-state index in [4.69, 9.17) is 11.6 Å². The molecule has 33 heavy (non-hydrogen) atoms. The smallest absolute Gasteiger partial charge is 0.249 e. The first-order valence-corrected chi connectivity index (χ1v) is 12.8. The first-order valence-electron chi connectivity index (χ1n) is 11.5. The van der Waals surface area contributed by atoms with Crippen molar-refractivity contribution < 1.29 is 9.59 Å². The largest absolute Gasteiger partial charge is 0.352 e. The van der Waals surface area contributed by atoms with Crippen LogP contribution >= 0.6 is 22.9 Å². The maximum Gasteiger partial charge on any atom is 0.249 e. The number of rotatable bonds is 8. The molecule has 5 nitrogen and oxygen atoms in total. The van der Waals surface area contributed by atoms with Crippen molar-refractivity contribution in [3.63, 3.8) is 0 Å². The highest BCUT2D eigenvalue weighted by atomic mass is 35.5. The number of hydrogen-bond acceptors (Lipinski definition) is 3. The summed E-state index contributed by atoms with van der Waals surface area (Å²) in [6, 6.07) is 14.6. The molecule has 7 heteroatoms. The molecular weight excluding hydrogens is 454 g/mol. The molecule has 2 heterocycles.